The van der Waals surface area contributed by atoms with Gasteiger partial charge in [0, 0.05) is 18.7 Å². The molecule has 0 fully saturated rings. The largest absolute Gasteiger partial charge is 0.493 e. The van der Waals surface area contributed by atoms with Crippen LogP contribution in [0.5, 0.6) is 11.5 Å². The monoisotopic (exact) mass is 453 g/mol. The van der Waals surface area contributed by atoms with E-state index >= 15 is 0 Å². The van der Waals surface area contributed by atoms with Gasteiger partial charge >= 0.3 is 0 Å². The zero-order chi connectivity index (χ0) is 21.5. The Balaban J connectivity index is 1.72. The van der Waals surface area contributed by atoms with Gasteiger partial charge in [-0.1, -0.05) is 47.7 Å². The van der Waals surface area contributed by atoms with Gasteiger partial charge in [0.25, 0.3) is 0 Å². The molecule has 1 heterocycles. The van der Waals surface area contributed by atoms with Gasteiger partial charge < -0.3 is 14.8 Å². The number of anilines is 1. The summed E-state index contributed by atoms with van der Waals surface area (Å²) >= 11 is 12.5. The molecule has 0 saturated heterocycles. The fourth-order valence-electron chi connectivity index (χ4n) is 2.80. The molecule has 0 aliphatic heterocycles. The summed E-state index contributed by atoms with van der Waals surface area (Å²) in [5.74, 6) is 0.875. The highest BCUT2D eigenvalue weighted by atomic mass is 35.5. The summed E-state index contributed by atoms with van der Waals surface area (Å²) in [5.41, 5.74) is 1.10. The molecule has 0 spiro atoms. The van der Waals surface area contributed by atoms with E-state index in [1.54, 1.807) is 22.9 Å². The average molecular weight is 454 g/mol. The first-order chi connectivity index (χ1) is 14.5. The quantitative estimate of drug-likeness (QED) is 0.459. The van der Waals surface area contributed by atoms with Crippen molar-refractivity contribution >= 4 is 29.2 Å². The number of tetrazole rings is 1. The van der Waals surface area contributed by atoms with Gasteiger partial charge in [-0.05, 0) is 46.7 Å². The molecule has 7 nitrogen and oxygen atoms in total. The van der Waals surface area contributed by atoms with Gasteiger partial charge in [0.1, 0.15) is 12.4 Å². The van der Waals surface area contributed by atoms with Crippen LogP contribution in [0.25, 0.3) is 0 Å². The van der Waals surface area contributed by atoms with E-state index in [0.717, 1.165) is 24.9 Å². The molecule has 10 heteroatoms. The van der Waals surface area contributed by atoms with E-state index < -0.39 is 5.82 Å². The number of nitrogens with zero attached hydrogens (tertiary/aromatic N) is 4. The number of ether oxygens (including phenoxy) is 2. The Morgan fingerprint density at radius 1 is 1.20 bits per heavy atom. The zero-order valence-corrected chi connectivity index (χ0v) is 18.2. The number of benzene rings is 2. The van der Waals surface area contributed by atoms with E-state index in [9.17, 15) is 4.39 Å². The third-order valence-corrected chi connectivity index (χ3v) is 5.05. The van der Waals surface area contributed by atoms with Crippen molar-refractivity contribution in [2.45, 2.75) is 39.5 Å². The summed E-state index contributed by atoms with van der Waals surface area (Å²) in [5, 5.41) is 15.5. The number of hydrogen-bond donors (Lipinski definition) is 1. The van der Waals surface area contributed by atoms with Gasteiger partial charge in [0.15, 0.2) is 11.5 Å². The van der Waals surface area contributed by atoms with Crippen molar-refractivity contribution in [3.05, 3.63) is 57.3 Å². The van der Waals surface area contributed by atoms with Crippen molar-refractivity contribution < 1.29 is 13.9 Å². The molecule has 0 aliphatic carbocycles. The molecule has 0 bridgehead atoms. The minimum absolute atomic E-state index is 0.0780. The zero-order valence-electron chi connectivity index (χ0n) is 16.7. The van der Waals surface area contributed by atoms with Crippen molar-refractivity contribution in [2.24, 2.45) is 0 Å². The Bertz CT molecular complexity index is 979. The second kappa shape index (κ2) is 10.4. The van der Waals surface area contributed by atoms with Crippen LogP contribution >= 0.6 is 23.2 Å². The lowest BCUT2D eigenvalue weighted by atomic mass is 10.2. The van der Waals surface area contributed by atoms with Gasteiger partial charge in [0.05, 0.1) is 17.2 Å². The molecule has 3 rings (SSSR count). The first kappa shape index (κ1) is 22.1. The molecule has 0 atom stereocenters. The first-order valence-corrected chi connectivity index (χ1v) is 10.2. The van der Waals surface area contributed by atoms with Crippen LogP contribution in [0.1, 0.15) is 30.9 Å². The molecule has 0 unspecified atom stereocenters. The molecule has 0 amide bonds. The third kappa shape index (κ3) is 5.31. The van der Waals surface area contributed by atoms with Crippen molar-refractivity contribution in [3.63, 3.8) is 0 Å². The predicted octanol–water partition coefficient (Wildman–Crippen LogP) is 5.12. The van der Waals surface area contributed by atoms with E-state index in [4.69, 9.17) is 32.7 Å². The molecule has 0 radical (unpaired) electrons. The van der Waals surface area contributed by atoms with Crippen LogP contribution in [0.3, 0.4) is 0 Å². The van der Waals surface area contributed by atoms with Gasteiger partial charge in [-0.25, -0.2) is 9.07 Å². The van der Waals surface area contributed by atoms with E-state index in [1.165, 1.54) is 19.2 Å². The molecule has 3 aromatic rings. The summed E-state index contributed by atoms with van der Waals surface area (Å²) in [6, 6.07) is 8.00. The Morgan fingerprint density at radius 2 is 2.03 bits per heavy atom. The predicted molar refractivity (Wildman–Crippen MR) is 114 cm³/mol. The summed E-state index contributed by atoms with van der Waals surface area (Å²) < 4.78 is 26.9. The number of unbranched alkanes of at least 4 members (excludes halogenated alkanes) is 1. The number of aryl methyl sites for hydroxylation is 1. The van der Waals surface area contributed by atoms with Crippen LogP contribution in [0.4, 0.5) is 10.3 Å². The minimum atomic E-state index is -0.445. The van der Waals surface area contributed by atoms with Crippen molar-refractivity contribution in [2.75, 3.05) is 12.4 Å². The second-order valence-electron chi connectivity index (χ2n) is 6.53. The van der Waals surface area contributed by atoms with Gasteiger partial charge in [0.2, 0.25) is 5.95 Å². The van der Waals surface area contributed by atoms with E-state index in [2.05, 4.69) is 27.8 Å². The number of methoxy groups -OCH3 is 1. The van der Waals surface area contributed by atoms with E-state index in [1.807, 2.05) is 0 Å². The molecule has 30 heavy (non-hydrogen) atoms. The smallest absolute Gasteiger partial charge is 0.243 e. The Kier molecular flexibility index (Phi) is 7.70. The highest BCUT2D eigenvalue weighted by Crippen LogP contribution is 2.37. The normalized spacial score (nSPS) is 10.8. The molecular weight excluding hydrogens is 432 g/mol. The van der Waals surface area contributed by atoms with E-state index in [-0.39, 0.29) is 17.2 Å². The minimum Gasteiger partial charge on any atom is -0.493 e. The molecule has 160 valence electrons. The average Bonchev–Trinajstić information content (AvgIpc) is 3.18. The van der Waals surface area contributed by atoms with Gasteiger partial charge in [-0.3, -0.25) is 0 Å². The highest BCUT2D eigenvalue weighted by Gasteiger charge is 2.15. The highest BCUT2D eigenvalue weighted by molar-refractivity contribution is 6.32. The maximum atomic E-state index is 14.0. The van der Waals surface area contributed by atoms with Gasteiger partial charge in [-0.2, -0.15) is 0 Å². The summed E-state index contributed by atoms with van der Waals surface area (Å²) in [7, 11) is 1.51. The Morgan fingerprint density at radius 3 is 2.77 bits per heavy atom. The number of nitrogens with one attached hydrogen (secondary N) is 1. The summed E-state index contributed by atoms with van der Waals surface area (Å²) in [6.45, 7) is 3.20. The maximum Gasteiger partial charge on any atom is 0.243 e. The van der Waals surface area contributed by atoms with Crippen LogP contribution in [0.15, 0.2) is 30.3 Å². The van der Waals surface area contributed by atoms with Crippen LogP contribution in [0.2, 0.25) is 10.0 Å². The number of aromatic nitrogens is 4. The Labute approximate surface area is 184 Å². The lowest BCUT2D eigenvalue weighted by Gasteiger charge is -2.15. The number of hydrogen-bond acceptors (Lipinski definition) is 6. The van der Waals surface area contributed by atoms with Crippen LogP contribution in [0, 0.1) is 5.82 Å². The lowest BCUT2D eigenvalue weighted by Crippen LogP contribution is -2.09. The SMILES string of the molecule is CCCCn1nnnc1NCc1cc(Cl)c(OCc2c(F)cccc2Cl)c(OC)c1. The van der Waals surface area contributed by atoms with Crippen LogP contribution < -0.4 is 14.8 Å². The maximum absolute atomic E-state index is 14.0. The van der Waals surface area contributed by atoms with Crippen LogP contribution in [-0.2, 0) is 19.7 Å². The molecule has 1 aromatic heterocycles. The summed E-state index contributed by atoms with van der Waals surface area (Å²) in [6.07, 6.45) is 2.03. The number of halogens is 3. The molecule has 2 aromatic carbocycles. The molecule has 0 aliphatic rings. The Hall–Kier alpha value is -2.58. The van der Waals surface area contributed by atoms with E-state index in [0.29, 0.717) is 29.0 Å². The van der Waals surface area contributed by atoms with Crippen LogP contribution in [-0.4, -0.2) is 27.3 Å². The fourth-order valence-corrected chi connectivity index (χ4v) is 3.31. The molecule has 0 saturated carbocycles. The third-order valence-electron chi connectivity index (χ3n) is 4.42. The van der Waals surface area contributed by atoms with Gasteiger partial charge in [-0.15, -0.1) is 0 Å². The summed E-state index contributed by atoms with van der Waals surface area (Å²) in [4.78, 5) is 0. The lowest BCUT2D eigenvalue weighted by molar-refractivity contribution is 0.280. The van der Waals surface area contributed by atoms with Crippen molar-refractivity contribution in [1.82, 2.24) is 20.2 Å². The first-order valence-electron chi connectivity index (χ1n) is 9.45. The van der Waals surface area contributed by atoms with Crippen molar-refractivity contribution in [1.29, 1.82) is 0 Å². The second-order valence-corrected chi connectivity index (χ2v) is 7.35. The topological polar surface area (TPSA) is 74.1 Å². The standard InChI is InChI=1S/C20H22Cl2FN5O2/c1-3-4-8-28-20(25-26-27-28)24-11-13-9-16(22)19(18(10-13)29-2)30-12-14-15(21)6-5-7-17(14)23/h5-7,9-10H,3-4,8,11-12H2,1-2H3,(H,24,25,27). The van der Waals surface area contributed by atoms with Crippen molar-refractivity contribution in [3.8, 4) is 11.5 Å². The fraction of sp³-hybridized carbons (Fsp3) is 0.350. The molecule has 1 N–H and O–H groups in total. The molecular formula is C20H22Cl2FN5O2. The number of rotatable bonds is 10.